The second-order valence-electron chi connectivity index (χ2n) is 4.24. The maximum Gasteiger partial charge on any atom is 0.311 e. The van der Waals surface area contributed by atoms with Crippen molar-refractivity contribution in [1.82, 2.24) is 4.98 Å². The highest BCUT2D eigenvalue weighted by Crippen LogP contribution is 2.32. The first-order valence-corrected chi connectivity index (χ1v) is 5.89. The fourth-order valence-electron chi connectivity index (χ4n) is 1.90. The minimum absolute atomic E-state index is 0.0918. The lowest BCUT2D eigenvalue weighted by molar-refractivity contribution is -0.384. The number of aromatic nitrogens is 1. The van der Waals surface area contributed by atoms with E-state index in [1.165, 1.54) is 6.07 Å². The molecular weight excluding hydrogens is 256 g/mol. The number of anilines is 2. The molecule has 0 bridgehead atoms. The summed E-state index contributed by atoms with van der Waals surface area (Å²) in [5.74, 6) is 0.220. The molecule has 1 heterocycles. The van der Waals surface area contributed by atoms with Gasteiger partial charge in [0.05, 0.1) is 16.2 Å². The Morgan fingerprint density at radius 3 is 2.65 bits per heavy atom. The SMILES string of the molecule is Cc1ccc([N+](=O)[O-])c(N(C)c2ccccc2C#N)n1. The smallest absolute Gasteiger partial charge is 0.311 e. The molecule has 0 unspecified atom stereocenters. The van der Waals surface area contributed by atoms with Crippen molar-refractivity contribution in [2.24, 2.45) is 0 Å². The first kappa shape index (κ1) is 13.5. The van der Waals surface area contributed by atoms with Crippen molar-refractivity contribution in [3.8, 4) is 6.07 Å². The normalized spacial score (nSPS) is 9.85. The van der Waals surface area contributed by atoms with Crippen LogP contribution in [0.4, 0.5) is 17.2 Å². The predicted octanol–water partition coefficient (Wildman–Crippen LogP) is 2.94. The van der Waals surface area contributed by atoms with E-state index in [0.717, 1.165) is 0 Å². The summed E-state index contributed by atoms with van der Waals surface area (Å²) >= 11 is 0. The van der Waals surface area contributed by atoms with Gasteiger partial charge in [-0.2, -0.15) is 5.26 Å². The van der Waals surface area contributed by atoms with E-state index < -0.39 is 4.92 Å². The van der Waals surface area contributed by atoms with E-state index in [-0.39, 0.29) is 11.5 Å². The molecule has 2 aromatic rings. The zero-order valence-electron chi connectivity index (χ0n) is 11.1. The van der Waals surface area contributed by atoms with Gasteiger partial charge in [0.1, 0.15) is 6.07 Å². The fourth-order valence-corrected chi connectivity index (χ4v) is 1.90. The summed E-state index contributed by atoms with van der Waals surface area (Å²) in [6, 6.07) is 12.0. The summed E-state index contributed by atoms with van der Waals surface area (Å²) in [4.78, 5) is 16.4. The van der Waals surface area contributed by atoms with Crippen LogP contribution < -0.4 is 4.90 Å². The largest absolute Gasteiger partial charge is 0.323 e. The van der Waals surface area contributed by atoms with Gasteiger partial charge in [-0.05, 0) is 25.1 Å². The number of hydrogen-bond acceptors (Lipinski definition) is 5. The van der Waals surface area contributed by atoms with Gasteiger partial charge in [-0.1, -0.05) is 12.1 Å². The lowest BCUT2D eigenvalue weighted by Gasteiger charge is -2.19. The third-order valence-corrected chi connectivity index (χ3v) is 2.89. The number of aryl methyl sites for hydroxylation is 1. The molecule has 0 amide bonds. The van der Waals surface area contributed by atoms with Gasteiger partial charge < -0.3 is 4.90 Å². The van der Waals surface area contributed by atoms with E-state index in [4.69, 9.17) is 5.26 Å². The third-order valence-electron chi connectivity index (χ3n) is 2.89. The van der Waals surface area contributed by atoms with Crippen LogP contribution in [0, 0.1) is 28.4 Å². The van der Waals surface area contributed by atoms with Crippen molar-refractivity contribution in [2.45, 2.75) is 6.92 Å². The van der Waals surface area contributed by atoms with Crippen LogP contribution in [-0.2, 0) is 0 Å². The van der Waals surface area contributed by atoms with Gasteiger partial charge in [0.25, 0.3) is 0 Å². The van der Waals surface area contributed by atoms with Crippen molar-refractivity contribution in [2.75, 3.05) is 11.9 Å². The average Bonchev–Trinajstić information content (AvgIpc) is 2.46. The molecule has 0 spiro atoms. The summed E-state index contributed by atoms with van der Waals surface area (Å²) in [5.41, 5.74) is 1.60. The van der Waals surface area contributed by atoms with Crippen molar-refractivity contribution in [3.63, 3.8) is 0 Å². The minimum atomic E-state index is -0.479. The Hall–Kier alpha value is -2.94. The third kappa shape index (κ3) is 2.42. The topological polar surface area (TPSA) is 83.1 Å². The Kier molecular flexibility index (Phi) is 3.62. The van der Waals surface area contributed by atoms with Crippen molar-refractivity contribution >= 4 is 17.2 Å². The first-order valence-electron chi connectivity index (χ1n) is 5.89. The number of benzene rings is 1. The highest BCUT2D eigenvalue weighted by Gasteiger charge is 2.21. The molecule has 6 nitrogen and oxygen atoms in total. The first-order chi connectivity index (χ1) is 9.54. The lowest BCUT2D eigenvalue weighted by atomic mass is 10.1. The van der Waals surface area contributed by atoms with Crippen LogP contribution in [0.1, 0.15) is 11.3 Å². The van der Waals surface area contributed by atoms with Crippen LogP contribution in [0.5, 0.6) is 0 Å². The van der Waals surface area contributed by atoms with E-state index in [9.17, 15) is 10.1 Å². The summed E-state index contributed by atoms with van der Waals surface area (Å²) in [6.07, 6.45) is 0. The number of nitrogens with zero attached hydrogens (tertiary/aromatic N) is 4. The standard InChI is InChI=1S/C14H12N4O2/c1-10-7-8-13(18(19)20)14(16-10)17(2)12-6-4-3-5-11(12)9-15/h3-8H,1-2H3. The molecule has 0 aliphatic rings. The summed E-state index contributed by atoms with van der Waals surface area (Å²) in [5, 5.41) is 20.2. The zero-order chi connectivity index (χ0) is 14.7. The van der Waals surface area contributed by atoms with Gasteiger partial charge in [0, 0.05) is 18.8 Å². The molecule has 0 N–H and O–H groups in total. The molecule has 100 valence electrons. The van der Waals surface area contributed by atoms with Gasteiger partial charge in [-0.3, -0.25) is 10.1 Å². The minimum Gasteiger partial charge on any atom is -0.323 e. The quantitative estimate of drug-likeness (QED) is 0.631. The number of para-hydroxylation sites is 1. The van der Waals surface area contributed by atoms with Crippen molar-refractivity contribution < 1.29 is 4.92 Å². The van der Waals surface area contributed by atoms with Crippen LogP contribution in [0.25, 0.3) is 0 Å². The number of pyridine rings is 1. The van der Waals surface area contributed by atoms with Crippen LogP contribution in [0.15, 0.2) is 36.4 Å². The fraction of sp³-hybridized carbons (Fsp3) is 0.143. The van der Waals surface area contributed by atoms with Gasteiger partial charge >= 0.3 is 5.69 Å². The van der Waals surface area contributed by atoms with E-state index in [0.29, 0.717) is 16.9 Å². The monoisotopic (exact) mass is 268 g/mol. The van der Waals surface area contributed by atoms with Crippen LogP contribution >= 0.6 is 0 Å². The molecule has 20 heavy (non-hydrogen) atoms. The Bertz CT molecular complexity index is 707. The molecule has 0 aliphatic heterocycles. The van der Waals surface area contributed by atoms with Crippen molar-refractivity contribution in [3.05, 3.63) is 57.8 Å². The summed E-state index contributed by atoms with van der Waals surface area (Å²) in [6.45, 7) is 1.76. The van der Waals surface area contributed by atoms with Gasteiger partial charge in [0.15, 0.2) is 0 Å². The Labute approximate surface area is 116 Å². The van der Waals surface area contributed by atoms with Crippen LogP contribution in [-0.4, -0.2) is 17.0 Å². The Balaban J connectivity index is 2.59. The van der Waals surface area contributed by atoms with Crippen LogP contribution in [0.3, 0.4) is 0 Å². The van der Waals surface area contributed by atoms with E-state index in [1.807, 2.05) is 0 Å². The van der Waals surface area contributed by atoms with Gasteiger partial charge in [0.2, 0.25) is 5.82 Å². The second kappa shape index (κ2) is 5.36. The highest BCUT2D eigenvalue weighted by molar-refractivity contribution is 5.72. The predicted molar refractivity (Wildman–Crippen MR) is 74.8 cm³/mol. The van der Waals surface area contributed by atoms with Gasteiger partial charge in [-0.15, -0.1) is 0 Å². The molecule has 0 fully saturated rings. The maximum absolute atomic E-state index is 11.1. The molecule has 0 saturated carbocycles. The second-order valence-corrected chi connectivity index (χ2v) is 4.24. The molecule has 0 atom stereocenters. The van der Waals surface area contributed by atoms with Crippen molar-refractivity contribution in [1.29, 1.82) is 5.26 Å². The molecule has 0 aliphatic carbocycles. The van der Waals surface area contributed by atoms with E-state index in [2.05, 4.69) is 11.1 Å². The Morgan fingerprint density at radius 1 is 1.30 bits per heavy atom. The summed E-state index contributed by atoms with van der Waals surface area (Å²) < 4.78 is 0. The lowest BCUT2D eigenvalue weighted by Crippen LogP contribution is -2.15. The highest BCUT2D eigenvalue weighted by atomic mass is 16.6. The number of nitriles is 1. The molecular formula is C14H12N4O2. The summed E-state index contributed by atoms with van der Waals surface area (Å²) in [7, 11) is 1.66. The van der Waals surface area contributed by atoms with Gasteiger partial charge in [-0.25, -0.2) is 4.98 Å². The molecule has 1 aromatic carbocycles. The number of rotatable bonds is 3. The molecule has 0 radical (unpaired) electrons. The molecule has 6 heteroatoms. The van der Waals surface area contributed by atoms with E-state index in [1.54, 1.807) is 49.2 Å². The van der Waals surface area contributed by atoms with Crippen LogP contribution in [0.2, 0.25) is 0 Å². The van der Waals surface area contributed by atoms with E-state index >= 15 is 0 Å². The molecule has 1 aromatic heterocycles. The maximum atomic E-state index is 11.1. The molecule has 0 saturated heterocycles. The zero-order valence-corrected chi connectivity index (χ0v) is 11.1. The number of nitro groups is 1. The molecule has 2 rings (SSSR count). The number of hydrogen-bond donors (Lipinski definition) is 0. The average molecular weight is 268 g/mol. The Morgan fingerprint density at radius 2 is 2.00 bits per heavy atom.